The Bertz CT molecular complexity index is 427. The fraction of sp³-hybridized carbons (Fsp3) is 0.647. The van der Waals surface area contributed by atoms with Crippen LogP contribution in [0.3, 0.4) is 0 Å². The van der Waals surface area contributed by atoms with Crippen LogP contribution >= 0.6 is 0 Å². The monoisotopic (exact) mass is 243 g/mol. The SMILES string of the molecule is CCCCC1(Cc2ccc(C3CC3)c(N)c2)CC1. The van der Waals surface area contributed by atoms with Crippen LogP contribution in [0, 0.1) is 5.41 Å². The number of unbranched alkanes of at least 4 members (excludes halogenated alkanes) is 1. The number of anilines is 1. The molecule has 3 rings (SSSR count). The lowest BCUT2D eigenvalue weighted by atomic mass is 9.90. The molecule has 1 nitrogen and oxygen atoms in total. The van der Waals surface area contributed by atoms with Crippen LogP contribution in [0.4, 0.5) is 5.69 Å². The molecule has 0 atom stereocenters. The summed E-state index contributed by atoms with van der Waals surface area (Å²) in [6.45, 7) is 2.29. The Kier molecular flexibility index (Phi) is 3.09. The fourth-order valence-corrected chi connectivity index (χ4v) is 3.18. The molecule has 2 saturated carbocycles. The van der Waals surface area contributed by atoms with E-state index in [1.165, 1.54) is 62.5 Å². The normalized spacial score (nSPS) is 20.9. The van der Waals surface area contributed by atoms with Crippen LogP contribution in [-0.4, -0.2) is 0 Å². The van der Waals surface area contributed by atoms with Gasteiger partial charge >= 0.3 is 0 Å². The molecule has 1 heteroatoms. The minimum absolute atomic E-state index is 0.642. The first-order valence-corrected chi connectivity index (χ1v) is 7.61. The lowest BCUT2D eigenvalue weighted by Crippen LogP contribution is -2.06. The van der Waals surface area contributed by atoms with Gasteiger partial charge in [-0.1, -0.05) is 31.9 Å². The molecule has 98 valence electrons. The van der Waals surface area contributed by atoms with Crippen LogP contribution in [0.2, 0.25) is 0 Å². The second-order valence-electron chi connectivity index (χ2n) is 6.52. The summed E-state index contributed by atoms with van der Waals surface area (Å²) in [5.74, 6) is 0.772. The summed E-state index contributed by atoms with van der Waals surface area (Å²) in [6.07, 6.45) is 10.9. The molecule has 2 fully saturated rings. The molecule has 0 amide bonds. The van der Waals surface area contributed by atoms with E-state index >= 15 is 0 Å². The van der Waals surface area contributed by atoms with Crippen LogP contribution in [0.5, 0.6) is 0 Å². The third-order valence-corrected chi connectivity index (χ3v) is 4.77. The molecule has 0 heterocycles. The summed E-state index contributed by atoms with van der Waals surface area (Å²) in [5, 5.41) is 0. The highest BCUT2D eigenvalue weighted by Crippen LogP contribution is 2.52. The first kappa shape index (κ1) is 12.1. The summed E-state index contributed by atoms with van der Waals surface area (Å²) in [6, 6.07) is 6.87. The summed E-state index contributed by atoms with van der Waals surface area (Å²) in [7, 11) is 0. The lowest BCUT2D eigenvalue weighted by Gasteiger charge is -2.16. The Morgan fingerprint density at radius 2 is 2.06 bits per heavy atom. The molecule has 0 aromatic heterocycles. The Morgan fingerprint density at radius 3 is 2.61 bits per heavy atom. The zero-order valence-corrected chi connectivity index (χ0v) is 11.5. The average molecular weight is 243 g/mol. The van der Waals surface area contributed by atoms with Gasteiger partial charge in [-0.25, -0.2) is 0 Å². The van der Waals surface area contributed by atoms with Crippen LogP contribution < -0.4 is 5.73 Å². The van der Waals surface area contributed by atoms with E-state index in [4.69, 9.17) is 5.73 Å². The van der Waals surface area contributed by atoms with Gasteiger partial charge in [0.2, 0.25) is 0 Å². The third kappa shape index (κ3) is 2.55. The first-order valence-electron chi connectivity index (χ1n) is 7.61. The van der Waals surface area contributed by atoms with Crippen molar-refractivity contribution in [3.8, 4) is 0 Å². The third-order valence-electron chi connectivity index (χ3n) is 4.77. The van der Waals surface area contributed by atoms with Crippen molar-refractivity contribution in [3.05, 3.63) is 29.3 Å². The Balaban J connectivity index is 1.67. The smallest absolute Gasteiger partial charge is 0.0352 e. The van der Waals surface area contributed by atoms with E-state index in [1.54, 1.807) is 0 Å². The highest BCUT2D eigenvalue weighted by atomic mass is 14.6. The van der Waals surface area contributed by atoms with Gasteiger partial charge in [0, 0.05) is 5.69 Å². The van der Waals surface area contributed by atoms with Crippen LogP contribution in [0.25, 0.3) is 0 Å². The van der Waals surface area contributed by atoms with E-state index in [9.17, 15) is 0 Å². The number of benzene rings is 1. The van der Waals surface area contributed by atoms with Crippen LogP contribution in [-0.2, 0) is 6.42 Å². The molecule has 2 aliphatic rings. The van der Waals surface area contributed by atoms with E-state index in [-0.39, 0.29) is 0 Å². The van der Waals surface area contributed by atoms with E-state index in [1.807, 2.05) is 0 Å². The fourth-order valence-electron chi connectivity index (χ4n) is 3.18. The predicted octanol–water partition coefficient (Wildman–Crippen LogP) is 4.66. The molecule has 0 unspecified atom stereocenters. The quantitative estimate of drug-likeness (QED) is 0.722. The van der Waals surface area contributed by atoms with Crippen molar-refractivity contribution in [2.24, 2.45) is 5.41 Å². The van der Waals surface area contributed by atoms with Crippen molar-refractivity contribution >= 4 is 5.69 Å². The van der Waals surface area contributed by atoms with Gasteiger partial charge in [0.05, 0.1) is 0 Å². The molecule has 1 aromatic rings. The number of hydrogen-bond acceptors (Lipinski definition) is 1. The van der Waals surface area contributed by atoms with Gasteiger partial charge in [-0.3, -0.25) is 0 Å². The molecular formula is C17H25N. The molecule has 0 spiro atoms. The van der Waals surface area contributed by atoms with E-state index in [0.29, 0.717) is 5.41 Å². The minimum Gasteiger partial charge on any atom is -0.398 e. The molecule has 0 aliphatic heterocycles. The second-order valence-corrected chi connectivity index (χ2v) is 6.52. The van der Waals surface area contributed by atoms with Crippen LogP contribution in [0.1, 0.15) is 68.9 Å². The van der Waals surface area contributed by atoms with E-state index in [0.717, 1.165) is 11.6 Å². The molecule has 2 N–H and O–H groups in total. The van der Waals surface area contributed by atoms with Crippen molar-refractivity contribution in [1.82, 2.24) is 0 Å². The zero-order chi connectivity index (χ0) is 12.6. The number of nitrogen functional groups attached to an aromatic ring is 1. The summed E-state index contributed by atoms with van der Waals surface area (Å²) in [4.78, 5) is 0. The maximum absolute atomic E-state index is 6.20. The van der Waals surface area contributed by atoms with Gasteiger partial charge in [0.15, 0.2) is 0 Å². The zero-order valence-electron chi connectivity index (χ0n) is 11.5. The lowest BCUT2D eigenvalue weighted by molar-refractivity contribution is 0.443. The standard InChI is InChI=1S/C17H25N/c1-2-3-8-17(9-10-17)12-13-4-7-15(14-5-6-14)16(18)11-13/h4,7,11,14H,2-3,5-6,8-10,12,18H2,1H3. The van der Waals surface area contributed by atoms with Gasteiger partial charge in [-0.15, -0.1) is 0 Å². The molecule has 0 bridgehead atoms. The summed E-state index contributed by atoms with van der Waals surface area (Å²) < 4.78 is 0. The van der Waals surface area contributed by atoms with Crippen molar-refractivity contribution in [2.45, 2.75) is 64.2 Å². The molecule has 1 aromatic carbocycles. The van der Waals surface area contributed by atoms with Gasteiger partial charge in [0.25, 0.3) is 0 Å². The topological polar surface area (TPSA) is 26.0 Å². The van der Waals surface area contributed by atoms with Crippen molar-refractivity contribution in [3.63, 3.8) is 0 Å². The van der Waals surface area contributed by atoms with Gasteiger partial charge in [-0.05, 0) is 67.1 Å². The maximum Gasteiger partial charge on any atom is 0.0352 e. The number of rotatable bonds is 6. The molecule has 0 radical (unpaired) electrons. The highest BCUT2D eigenvalue weighted by molar-refractivity contribution is 5.52. The Hall–Kier alpha value is -0.980. The summed E-state index contributed by atoms with van der Waals surface area (Å²) >= 11 is 0. The number of hydrogen-bond donors (Lipinski definition) is 1. The van der Waals surface area contributed by atoms with Crippen LogP contribution in [0.15, 0.2) is 18.2 Å². The maximum atomic E-state index is 6.20. The summed E-state index contributed by atoms with van der Waals surface area (Å²) in [5.41, 5.74) is 10.8. The van der Waals surface area contributed by atoms with Gasteiger partial charge in [0.1, 0.15) is 0 Å². The van der Waals surface area contributed by atoms with E-state index < -0.39 is 0 Å². The minimum atomic E-state index is 0.642. The Morgan fingerprint density at radius 1 is 1.28 bits per heavy atom. The molecule has 0 saturated heterocycles. The first-order chi connectivity index (χ1) is 8.72. The Labute approximate surface area is 111 Å². The van der Waals surface area contributed by atoms with Gasteiger partial charge < -0.3 is 5.73 Å². The highest BCUT2D eigenvalue weighted by Gasteiger charge is 2.41. The van der Waals surface area contributed by atoms with Crippen molar-refractivity contribution in [2.75, 3.05) is 5.73 Å². The van der Waals surface area contributed by atoms with Crippen molar-refractivity contribution < 1.29 is 0 Å². The largest absolute Gasteiger partial charge is 0.398 e. The van der Waals surface area contributed by atoms with Gasteiger partial charge in [-0.2, -0.15) is 0 Å². The molecule has 2 aliphatic carbocycles. The van der Waals surface area contributed by atoms with Crippen molar-refractivity contribution in [1.29, 1.82) is 0 Å². The second kappa shape index (κ2) is 4.60. The average Bonchev–Trinajstić information content (AvgIpc) is 3.22. The predicted molar refractivity (Wildman–Crippen MR) is 77.7 cm³/mol. The van der Waals surface area contributed by atoms with E-state index in [2.05, 4.69) is 25.1 Å². The number of nitrogens with two attached hydrogens (primary N) is 1. The molecule has 18 heavy (non-hydrogen) atoms. The molecular weight excluding hydrogens is 218 g/mol.